The lowest BCUT2D eigenvalue weighted by molar-refractivity contribution is 0.0554. The van der Waals surface area contributed by atoms with Crippen molar-refractivity contribution in [2.45, 2.75) is 37.3 Å². The van der Waals surface area contributed by atoms with Gasteiger partial charge < -0.3 is 20.7 Å². The minimum atomic E-state index is 0.182. The molecule has 5 heteroatoms. The molecule has 0 saturated carbocycles. The molecular formula is C12H22N4O. The Morgan fingerprint density at radius 1 is 1.47 bits per heavy atom. The van der Waals surface area contributed by atoms with Crippen LogP contribution in [0.2, 0.25) is 0 Å². The van der Waals surface area contributed by atoms with E-state index in [0.717, 1.165) is 58.0 Å². The fraction of sp³-hybridized carbons (Fsp3) is 0.917. The second-order valence-corrected chi connectivity index (χ2v) is 5.39. The molecule has 0 radical (unpaired) electrons. The normalized spacial score (nSPS) is 32.1. The smallest absolute Gasteiger partial charge is 0.191 e. The maximum Gasteiger partial charge on any atom is 0.191 e. The van der Waals surface area contributed by atoms with Gasteiger partial charge in [0, 0.05) is 13.2 Å². The Bertz CT molecular complexity index is 306. The Labute approximate surface area is 102 Å². The summed E-state index contributed by atoms with van der Waals surface area (Å²) < 4.78 is 5.73. The van der Waals surface area contributed by atoms with E-state index in [1.807, 2.05) is 0 Å². The van der Waals surface area contributed by atoms with E-state index in [1.165, 1.54) is 6.42 Å². The molecule has 1 unspecified atom stereocenters. The Hall–Kier alpha value is -0.810. The predicted molar refractivity (Wildman–Crippen MR) is 67.0 cm³/mol. The summed E-state index contributed by atoms with van der Waals surface area (Å²) >= 11 is 0. The zero-order valence-electron chi connectivity index (χ0n) is 10.3. The van der Waals surface area contributed by atoms with Crippen LogP contribution >= 0.6 is 0 Å². The van der Waals surface area contributed by atoms with E-state index in [1.54, 1.807) is 0 Å². The average Bonchev–Trinajstić information content (AvgIpc) is 2.95. The van der Waals surface area contributed by atoms with Gasteiger partial charge in [-0.3, -0.25) is 4.99 Å². The van der Waals surface area contributed by atoms with Crippen LogP contribution in [0.3, 0.4) is 0 Å². The number of nitrogens with one attached hydrogen (secondary N) is 1. The summed E-state index contributed by atoms with van der Waals surface area (Å²) in [5.74, 6) is 0.724. The average molecular weight is 238 g/mol. The third-order valence-corrected chi connectivity index (χ3v) is 4.33. The first-order valence-electron chi connectivity index (χ1n) is 6.70. The van der Waals surface area contributed by atoms with Gasteiger partial charge in [-0.15, -0.1) is 0 Å². The second-order valence-electron chi connectivity index (χ2n) is 5.39. The van der Waals surface area contributed by atoms with E-state index >= 15 is 0 Å². The van der Waals surface area contributed by atoms with Crippen molar-refractivity contribution < 1.29 is 4.74 Å². The molecule has 1 spiro atoms. The number of hydrogen-bond acceptors (Lipinski definition) is 5. The molecule has 3 heterocycles. The lowest BCUT2D eigenvalue weighted by atomic mass is 9.87. The van der Waals surface area contributed by atoms with Crippen molar-refractivity contribution in [1.82, 2.24) is 10.2 Å². The lowest BCUT2D eigenvalue weighted by Gasteiger charge is -2.43. The first-order valence-corrected chi connectivity index (χ1v) is 6.70. The van der Waals surface area contributed by atoms with Crippen LogP contribution in [0.15, 0.2) is 4.99 Å². The zero-order chi connectivity index (χ0) is 11.7. The largest absolute Gasteiger partial charge is 0.376 e. The molecule has 0 amide bonds. The van der Waals surface area contributed by atoms with Crippen molar-refractivity contribution in [1.29, 1.82) is 0 Å². The summed E-state index contributed by atoms with van der Waals surface area (Å²) in [6.07, 6.45) is 4.99. The molecule has 0 aromatic carbocycles. The molecule has 5 nitrogen and oxygen atoms in total. The highest BCUT2D eigenvalue weighted by atomic mass is 16.5. The summed E-state index contributed by atoms with van der Waals surface area (Å²) in [6, 6.07) is 0. The Kier molecular flexibility index (Phi) is 2.96. The Morgan fingerprint density at radius 2 is 2.29 bits per heavy atom. The number of hydrogen-bond donors (Lipinski definition) is 2. The van der Waals surface area contributed by atoms with Gasteiger partial charge >= 0.3 is 0 Å². The van der Waals surface area contributed by atoms with Gasteiger partial charge in [0.25, 0.3) is 0 Å². The molecule has 0 aliphatic carbocycles. The molecule has 3 aliphatic rings. The molecule has 3 aliphatic heterocycles. The van der Waals surface area contributed by atoms with Gasteiger partial charge in [0.1, 0.15) is 0 Å². The van der Waals surface area contributed by atoms with Crippen LogP contribution in [0.25, 0.3) is 0 Å². The number of nitrogens with two attached hydrogens (primary N) is 1. The minimum Gasteiger partial charge on any atom is -0.376 e. The van der Waals surface area contributed by atoms with Crippen LogP contribution in [0.5, 0.6) is 0 Å². The molecule has 2 fully saturated rings. The van der Waals surface area contributed by atoms with Crippen molar-refractivity contribution in [3.8, 4) is 0 Å². The molecule has 2 saturated heterocycles. The molecule has 0 aromatic heterocycles. The van der Waals surface area contributed by atoms with Crippen molar-refractivity contribution in [2.75, 3.05) is 32.8 Å². The summed E-state index contributed by atoms with van der Waals surface area (Å²) in [5, 5.41) is 3.42. The SMILES string of the molecule is NC1=NCC2(CCNCC2)N1CC1CCCO1. The van der Waals surface area contributed by atoms with Gasteiger partial charge in [0.05, 0.1) is 18.2 Å². The molecule has 96 valence electrons. The van der Waals surface area contributed by atoms with Crippen LogP contribution in [-0.4, -0.2) is 55.3 Å². The predicted octanol–water partition coefficient (Wildman–Crippen LogP) is -0.0821. The fourth-order valence-electron chi connectivity index (χ4n) is 3.24. The Balaban J connectivity index is 1.71. The molecule has 3 rings (SSSR count). The van der Waals surface area contributed by atoms with Gasteiger partial charge in [-0.2, -0.15) is 0 Å². The van der Waals surface area contributed by atoms with Gasteiger partial charge in [-0.25, -0.2) is 0 Å². The van der Waals surface area contributed by atoms with Crippen molar-refractivity contribution in [3.63, 3.8) is 0 Å². The summed E-state index contributed by atoms with van der Waals surface area (Å²) in [7, 11) is 0. The number of piperidine rings is 1. The molecule has 0 bridgehead atoms. The highest BCUT2D eigenvalue weighted by Gasteiger charge is 2.43. The van der Waals surface area contributed by atoms with E-state index in [9.17, 15) is 0 Å². The summed E-state index contributed by atoms with van der Waals surface area (Å²) in [6.45, 7) is 4.85. The van der Waals surface area contributed by atoms with Crippen molar-refractivity contribution in [3.05, 3.63) is 0 Å². The van der Waals surface area contributed by atoms with E-state index in [0.29, 0.717) is 6.10 Å². The van der Waals surface area contributed by atoms with E-state index in [4.69, 9.17) is 10.5 Å². The van der Waals surface area contributed by atoms with Crippen molar-refractivity contribution in [2.24, 2.45) is 10.7 Å². The number of nitrogens with zero attached hydrogens (tertiary/aromatic N) is 2. The quantitative estimate of drug-likeness (QED) is 0.706. The summed E-state index contributed by atoms with van der Waals surface area (Å²) in [4.78, 5) is 6.80. The van der Waals surface area contributed by atoms with Crippen LogP contribution in [-0.2, 0) is 4.74 Å². The number of aliphatic imine (C=N–C) groups is 1. The number of ether oxygens (including phenoxy) is 1. The first kappa shape index (κ1) is 11.3. The second kappa shape index (κ2) is 4.46. The first-order chi connectivity index (χ1) is 8.30. The van der Waals surface area contributed by atoms with Gasteiger partial charge in [-0.05, 0) is 38.8 Å². The van der Waals surface area contributed by atoms with E-state index in [-0.39, 0.29) is 5.54 Å². The maximum absolute atomic E-state index is 6.06. The van der Waals surface area contributed by atoms with Crippen LogP contribution in [0.1, 0.15) is 25.7 Å². The molecule has 1 atom stereocenters. The number of rotatable bonds is 2. The highest BCUT2D eigenvalue weighted by molar-refractivity contribution is 5.81. The van der Waals surface area contributed by atoms with Crippen molar-refractivity contribution >= 4 is 5.96 Å². The monoisotopic (exact) mass is 238 g/mol. The van der Waals surface area contributed by atoms with Gasteiger partial charge in [0.15, 0.2) is 5.96 Å². The topological polar surface area (TPSA) is 62.9 Å². The Morgan fingerprint density at radius 3 is 3.00 bits per heavy atom. The van der Waals surface area contributed by atoms with E-state index in [2.05, 4.69) is 15.2 Å². The summed E-state index contributed by atoms with van der Waals surface area (Å²) in [5.41, 5.74) is 6.24. The van der Waals surface area contributed by atoms with Crippen LogP contribution < -0.4 is 11.1 Å². The number of guanidine groups is 1. The standard InChI is InChI=1S/C12H22N4O/c13-11-15-9-12(3-5-14-6-4-12)16(11)8-10-2-1-7-17-10/h10,14H,1-9H2,(H2,13,15). The molecule has 3 N–H and O–H groups in total. The molecule has 17 heavy (non-hydrogen) atoms. The third kappa shape index (κ3) is 2.02. The highest BCUT2D eigenvalue weighted by Crippen LogP contribution is 2.31. The van der Waals surface area contributed by atoms with Gasteiger partial charge in [-0.1, -0.05) is 0 Å². The molecular weight excluding hydrogens is 216 g/mol. The fourth-order valence-corrected chi connectivity index (χ4v) is 3.24. The lowest BCUT2D eigenvalue weighted by Crippen LogP contribution is -2.58. The maximum atomic E-state index is 6.06. The van der Waals surface area contributed by atoms with Crippen LogP contribution in [0, 0.1) is 0 Å². The third-order valence-electron chi connectivity index (χ3n) is 4.33. The van der Waals surface area contributed by atoms with E-state index < -0.39 is 0 Å². The minimum absolute atomic E-state index is 0.182. The zero-order valence-corrected chi connectivity index (χ0v) is 10.3. The molecule has 0 aromatic rings. The van der Waals surface area contributed by atoms with Crippen LogP contribution in [0.4, 0.5) is 0 Å². The van der Waals surface area contributed by atoms with Gasteiger partial charge in [0.2, 0.25) is 0 Å².